The molecule has 0 saturated carbocycles. The van der Waals surface area contributed by atoms with Crippen molar-refractivity contribution in [2.24, 2.45) is 0 Å². The maximum absolute atomic E-state index is 9.31. The van der Waals surface area contributed by atoms with Gasteiger partial charge in [-0.1, -0.05) is 18.2 Å². The number of para-hydroxylation sites is 3. The first-order valence-corrected chi connectivity index (χ1v) is 13.3. The van der Waals surface area contributed by atoms with Gasteiger partial charge in [0.15, 0.2) is 0 Å². The van der Waals surface area contributed by atoms with Crippen molar-refractivity contribution in [3.8, 4) is 17.2 Å². The molecule has 7 heteroatoms. The zero-order valence-corrected chi connectivity index (χ0v) is 21.4. The summed E-state index contributed by atoms with van der Waals surface area (Å²) in [7, 11) is 0. The Bertz CT molecular complexity index is 1480. The van der Waals surface area contributed by atoms with Crippen molar-refractivity contribution in [1.82, 2.24) is 15.0 Å². The van der Waals surface area contributed by atoms with Gasteiger partial charge in [0.2, 0.25) is 0 Å². The summed E-state index contributed by atoms with van der Waals surface area (Å²) in [5, 5.41) is 12.4. The molecule has 6 nitrogen and oxygen atoms in total. The van der Waals surface area contributed by atoms with Gasteiger partial charge in [-0.15, -0.1) is 0 Å². The number of rotatable bonds is 4. The summed E-state index contributed by atoms with van der Waals surface area (Å²) in [4.78, 5) is 12.8. The minimum absolute atomic E-state index is 0.239. The van der Waals surface area contributed by atoms with E-state index in [9.17, 15) is 5.11 Å². The molecule has 34 heavy (non-hydrogen) atoms. The summed E-state index contributed by atoms with van der Waals surface area (Å²) in [6.07, 6.45) is 5.22. The van der Waals surface area contributed by atoms with Crippen molar-refractivity contribution in [3.05, 3.63) is 110 Å². The fraction of sp³-hybridized carbons (Fsp3) is 0. The Kier molecular flexibility index (Phi) is 6.72. The van der Waals surface area contributed by atoms with Crippen molar-refractivity contribution >= 4 is 56.5 Å². The Labute approximate surface area is 208 Å². The zero-order chi connectivity index (χ0) is 23.2. The van der Waals surface area contributed by atoms with E-state index in [1.54, 1.807) is 30.7 Å². The first-order valence-electron chi connectivity index (χ1n) is 10.6. The molecule has 0 aliphatic carbocycles. The molecule has 0 saturated heterocycles. The van der Waals surface area contributed by atoms with Crippen LogP contribution in [0.5, 0.6) is 17.2 Å². The summed E-state index contributed by atoms with van der Waals surface area (Å²) in [5.41, 5.74) is 2.41. The molecule has 0 aliphatic rings. The van der Waals surface area contributed by atoms with Gasteiger partial charge in [-0.25, -0.2) is 0 Å². The third-order valence-corrected chi connectivity index (χ3v) is 7.15. The number of aromatic nitrogens is 3. The van der Waals surface area contributed by atoms with Gasteiger partial charge in [-0.2, -0.15) is 0 Å². The number of fused-ring (bicyclic) bond motifs is 3. The number of hydrogen-bond acceptors (Lipinski definition) is 6. The summed E-state index contributed by atoms with van der Waals surface area (Å²) in [6.45, 7) is 0. The van der Waals surface area contributed by atoms with Gasteiger partial charge in [-0.05, 0) is 12.1 Å². The van der Waals surface area contributed by atoms with Gasteiger partial charge in [-0.3, -0.25) is 4.98 Å². The second-order valence-electron chi connectivity index (χ2n) is 7.35. The third-order valence-electron chi connectivity index (χ3n) is 5.15. The first kappa shape index (κ1) is 22.0. The first-order chi connectivity index (χ1) is 16.8. The standard InChI is InChI=1S/3C9H7NO.In/c3*11-8-5-1-3-7-4-2-6-10-9(7)8;/h3*1-6,11H;/q;;;+2/p-2. The maximum atomic E-state index is 9.31. The van der Waals surface area contributed by atoms with Crippen molar-refractivity contribution in [2.75, 3.05) is 0 Å². The van der Waals surface area contributed by atoms with Crippen LogP contribution >= 0.6 is 0 Å². The molecule has 6 aromatic rings. The summed E-state index contributed by atoms with van der Waals surface area (Å²) in [5.74, 6) is 1.82. The number of hydrogen-bond donors (Lipinski definition) is 1. The molecule has 3 aromatic heterocycles. The molecule has 0 atom stereocenters. The van der Waals surface area contributed by atoms with E-state index in [0.29, 0.717) is 5.52 Å². The molecular weight excluding hydrogens is 529 g/mol. The number of phenols is 1. The average molecular weight is 548 g/mol. The van der Waals surface area contributed by atoms with Crippen molar-refractivity contribution in [1.29, 1.82) is 0 Å². The van der Waals surface area contributed by atoms with Gasteiger partial charge in [0.05, 0.1) is 0 Å². The Morgan fingerprint density at radius 2 is 0.912 bits per heavy atom. The second-order valence-corrected chi connectivity index (χ2v) is 9.24. The topological polar surface area (TPSA) is 77.4 Å². The van der Waals surface area contributed by atoms with Gasteiger partial charge < -0.3 is 5.11 Å². The Morgan fingerprint density at radius 3 is 1.41 bits per heavy atom. The van der Waals surface area contributed by atoms with Crippen LogP contribution < -0.4 is 5.71 Å². The van der Waals surface area contributed by atoms with E-state index in [-0.39, 0.29) is 5.75 Å². The van der Waals surface area contributed by atoms with Crippen LogP contribution in [0.15, 0.2) is 110 Å². The second kappa shape index (κ2) is 10.4. The molecule has 0 unspecified atom stereocenters. The Hall–Kier alpha value is -3.84. The van der Waals surface area contributed by atoms with Crippen LogP contribution in [0, 0.1) is 0 Å². The van der Waals surface area contributed by atoms with Crippen LogP contribution in [0.4, 0.5) is 0 Å². The van der Waals surface area contributed by atoms with Crippen LogP contribution in [-0.4, -0.2) is 43.8 Å². The van der Waals surface area contributed by atoms with Crippen molar-refractivity contribution in [3.63, 3.8) is 0 Å². The van der Waals surface area contributed by atoms with E-state index in [2.05, 4.69) is 15.0 Å². The quantitative estimate of drug-likeness (QED) is 0.304. The average Bonchev–Trinajstić information content (AvgIpc) is 2.90. The molecule has 0 bridgehead atoms. The predicted octanol–water partition coefficient (Wildman–Crippen LogP) is 5.72. The van der Waals surface area contributed by atoms with E-state index in [4.69, 9.17) is 5.71 Å². The fourth-order valence-corrected chi connectivity index (χ4v) is 5.37. The van der Waals surface area contributed by atoms with E-state index in [1.165, 1.54) is 0 Å². The van der Waals surface area contributed by atoms with Gasteiger partial charge in [0, 0.05) is 11.6 Å². The fourth-order valence-electron chi connectivity index (χ4n) is 3.56. The molecule has 0 amide bonds. The predicted molar refractivity (Wildman–Crippen MR) is 134 cm³/mol. The summed E-state index contributed by atoms with van der Waals surface area (Å²) < 4.78 is 11.9. The van der Waals surface area contributed by atoms with Crippen molar-refractivity contribution < 1.29 is 10.8 Å². The van der Waals surface area contributed by atoms with Gasteiger partial charge in [0.1, 0.15) is 11.3 Å². The monoisotopic (exact) mass is 548 g/mol. The molecule has 1 N–H and O–H groups in total. The number of benzene rings is 3. The molecular formula is C27H19InN3O3. The van der Waals surface area contributed by atoms with Gasteiger partial charge in [0.25, 0.3) is 0 Å². The van der Waals surface area contributed by atoms with Crippen LogP contribution in [0.3, 0.4) is 0 Å². The van der Waals surface area contributed by atoms with E-state index >= 15 is 0 Å². The minimum atomic E-state index is -1.74. The molecule has 0 fully saturated rings. The summed E-state index contributed by atoms with van der Waals surface area (Å²) in [6, 6.07) is 28.9. The molecule has 3 heterocycles. The molecule has 0 aliphatic heterocycles. The number of pyridine rings is 3. The van der Waals surface area contributed by atoms with E-state index < -0.39 is 23.8 Å². The van der Waals surface area contributed by atoms with Crippen LogP contribution in [-0.2, 0) is 0 Å². The van der Waals surface area contributed by atoms with Crippen LogP contribution in [0.1, 0.15) is 0 Å². The van der Waals surface area contributed by atoms with Crippen LogP contribution in [0.2, 0.25) is 0 Å². The molecule has 163 valence electrons. The van der Waals surface area contributed by atoms with Crippen molar-refractivity contribution in [2.45, 2.75) is 0 Å². The number of aromatic hydroxyl groups is 1. The third kappa shape index (κ3) is 4.89. The normalized spacial score (nSPS) is 10.5. The summed E-state index contributed by atoms with van der Waals surface area (Å²) >= 11 is -1.74. The van der Waals surface area contributed by atoms with E-state index in [1.807, 2.05) is 78.9 Å². The van der Waals surface area contributed by atoms with E-state index in [0.717, 1.165) is 38.7 Å². The Morgan fingerprint density at radius 1 is 0.500 bits per heavy atom. The SMILES string of the molecule is Oc1cccc2cccnc12.c1cnc2c([O][In][O]c3cccc4cccnc34)cccc2c1. The number of nitrogens with zero attached hydrogens (tertiary/aromatic N) is 3. The molecule has 6 rings (SSSR count). The Balaban J connectivity index is 0.000000183. The van der Waals surface area contributed by atoms with Gasteiger partial charge >= 0.3 is 146 Å². The molecule has 1 radical (unpaired) electrons. The molecule has 0 spiro atoms. The molecule has 3 aromatic carbocycles. The number of phenolic OH excluding ortho intramolecular Hbond substituents is 1. The van der Waals surface area contributed by atoms with Crippen LogP contribution in [0.25, 0.3) is 32.7 Å². The zero-order valence-electron chi connectivity index (χ0n) is 18.1.